The van der Waals surface area contributed by atoms with Crippen LogP contribution in [0, 0.1) is 0 Å². The maximum Gasteiger partial charge on any atom is 0.405 e. The molecule has 3 aromatic rings. The van der Waals surface area contributed by atoms with Crippen molar-refractivity contribution in [2.75, 3.05) is 6.61 Å². The first kappa shape index (κ1) is 16.7. The predicted octanol–water partition coefficient (Wildman–Crippen LogP) is 2.18. The number of hydrogen-bond acceptors (Lipinski definition) is 5. The summed E-state index contributed by atoms with van der Waals surface area (Å²) in [5.41, 5.74) is 7.65. The smallest absolute Gasteiger partial charge is 0.405 e. The molecule has 0 saturated carbocycles. The van der Waals surface area contributed by atoms with Gasteiger partial charge in [-0.1, -0.05) is 42.5 Å². The molecule has 0 aliphatic carbocycles. The molecule has 3 N–H and O–H groups in total. The highest BCUT2D eigenvalue weighted by molar-refractivity contribution is 5.65. The first-order valence-corrected chi connectivity index (χ1v) is 7.76. The SMILES string of the molecule is NC(=O)OC(c1ccccc1)[C@@H](CO)c1ccc(-n2cncn2)cc1. The molecule has 1 heterocycles. The van der Waals surface area contributed by atoms with Gasteiger partial charge in [-0.2, -0.15) is 5.10 Å². The van der Waals surface area contributed by atoms with Crippen molar-refractivity contribution in [3.8, 4) is 5.69 Å². The Morgan fingerprint density at radius 2 is 1.84 bits per heavy atom. The van der Waals surface area contributed by atoms with Gasteiger partial charge in [0.1, 0.15) is 18.8 Å². The maximum atomic E-state index is 11.3. The minimum absolute atomic E-state index is 0.199. The van der Waals surface area contributed by atoms with Crippen molar-refractivity contribution < 1.29 is 14.6 Å². The van der Waals surface area contributed by atoms with E-state index in [4.69, 9.17) is 10.5 Å². The van der Waals surface area contributed by atoms with Crippen molar-refractivity contribution in [1.82, 2.24) is 14.8 Å². The number of aromatic nitrogens is 3. The summed E-state index contributed by atoms with van der Waals surface area (Å²) >= 11 is 0. The minimum atomic E-state index is -0.883. The number of aliphatic hydroxyl groups excluding tert-OH is 1. The van der Waals surface area contributed by atoms with Crippen LogP contribution in [-0.4, -0.2) is 32.6 Å². The van der Waals surface area contributed by atoms with Gasteiger partial charge in [-0.05, 0) is 23.3 Å². The second kappa shape index (κ2) is 7.59. The molecule has 7 heteroatoms. The normalized spacial score (nSPS) is 13.2. The van der Waals surface area contributed by atoms with Crippen LogP contribution in [0.5, 0.6) is 0 Å². The monoisotopic (exact) mass is 338 g/mol. The number of amides is 1. The minimum Gasteiger partial charge on any atom is -0.441 e. The molecule has 0 saturated heterocycles. The van der Waals surface area contributed by atoms with Gasteiger partial charge >= 0.3 is 6.09 Å². The van der Waals surface area contributed by atoms with Crippen molar-refractivity contribution in [3.63, 3.8) is 0 Å². The molecule has 0 aliphatic rings. The molecular weight excluding hydrogens is 320 g/mol. The number of hydrogen-bond donors (Lipinski definition) is 2. The number of carbonyl (C=O) groups is 1. The van der Waals surface area contributed by atoms with E-state index in [9.17, 15) is 9.90 Å². The van der Waals surface area contributed by atoms with Crippen LogP contribution in [0.4, 0.5) is 4.79 Å². The van der Waals surface area contributed by atoms with Crippen molar-refractivity contribution in [1.29, 1.82) is 0 Å². The van der Waals surface area contributed by atoms with Gasteiger partial charge < -0.3 is 15.6 Å². The fraction of sp³-hybridized carbons (Fsp3) is 0.167. The van der Waals surface area contributed by atoms with Crippen molar-refractivity contribution in [3.05, 3.63) is 78.4 Å². The second-order valence-electron chi connectivity index (χ2n) is 5.49. The molecule has 2 aromatic carbocycles. The lowest BCUT2D eigenvalue weighted by Crippen LogP contribution is -2.24. The van der Waals surface area contributed by atoms with Gasteiger partial charge in [-0.15, -0.1) is 0 Å². The van der Waals surface area contributed by atoms with Gasteiger partial charge in [-0.3, -0.25) is 0 Å². The van der Waals surface area contributed by atoms with E-state index in [1.807, 2.05) is 54.6 Å². The Balaban J connectivity index is 1.91. The molecule has 128 valence electrons. The van der Waals surface area contributed by atoms with E-state index in [-0.39, 0.29) is 6.61 Å². The van der Waals surface area contributed by atoms with Crippen LogP contribution < -0.4 is 5.73 Å². The summed E-state index contributed by atoms with van der Waals surface area (Å²) in [6.07, 6.45) is 1.49. The summed E-state index contributed by atoms with van der Waals surface area (Å²) in [7, 11) is 0. The van der Waals surface area contributed by atoms with Crippen LogP contribution in [0.2, 0.25) is 0 Å². The Labute approximate surface area is 144 Å². The zero-order valence-electron chi connectivity index (χ0n) is 13.4. The van der Waals surface area contributed by atoms with Gasteiger partial charge in [0, 0.05) is 5.92 Å². The number of nitrogens with zero attached hydrogens (tertiary/aromatic N) is 3. The first-order chi connectivity index (χ1) is 12.2. The average Bonchev–Trinajstić information content (AvgIpc) is 3.17. The molecule has 0 fully saturated rings. The van der Waals surface area contributed by atoms with Crippen LogP contribution in [-0.2, 0) is 4.74 Å². The number of benzene rings is 2. The molecule has 2 atom stereocenters. The number of primary amides is 1. The van der Waals surface area contributed by atoms with Gasteiger partial charge in [0.05, 0.1) is 12.3 Å². The summed E-state index contributed by atoms with van der Waals surface area (Å²) in [5.74, 6) is -0.445. The van der Waals surface area contributed by atoms with Crippen LogP contribution >= 0.6 is 0 Å². The van der Waals surface area contributed by atoms with Gasteiger partial charge in [0.25, 0.3) is 0 Å². The number of carbonyl (C=O) groups excluding carboxylic acids is 1. The van der Waals surface area contributed by atoms with E-state index in [1.165, 1.54) is 6.33 Å². The molecular formula is C18H18N4O3. The molecule has 1 aromatic heterocycles. The number of ether oxygens (including phenoxy) is 1. The third-order valence-electron chi connectivity index (χ3n) is 3.94. The number of rotatable bonds is 6. The molecule has 3 rings (SSSR count). The largest absolute Gasteiger partial charge is 0.441 e. The lowest BCUT2D eigenvalue weighted by molar-refractivity contribution is 0.0708. The third-order valence-corrected chi connectivity index (χ3v) is 3.94. The van der Waals surface area contributed by atoms with Gasteiger partial charge in [-0.25, -0.2) is 14.5 Å². The molecule has 0 spiro atoms. The molecule has 1 amide bonds. The number of nitrogens with two attached hydrogens (primary N) is 1. The van der Waals surface area contributed by atoms with Crippen LogP contribution in [0.3, 0.4) is 0 Å². The molecule has 25 heavy (non-hydrogen) atoms. The van der Waals surface area contributed by atoms with Crippen LogP contribution in [0.25, 0.3) is 5.69 Å². The number of aliphatic hydroxyl groups is 1. The predicted molar refractivity (Wildman–Crippen MR) is 91.0 cm³/mol. The highest BCUT2D eigenvalue weighted by atomic mass is 16.6. The van der Waals surface area contributed by atoms with E-state index in [1.54, 1.807) is 11.0 Å². The molecule has 7 nitrogen and oxygen atoms in total. The highest BCUT2D eigenvalue weighted by Crippen LogP contribution is 2.34. The first-order valence-electron chi connectivity index (χ1n) is 7.76. The lowest BCUT2D eigenvalue weighted by atomic mass is 9.89. The Hall–Kier alpha value is -3.19. The Kier molecular flexibility index (Phi) is 5.06. The summed E-state index contributed by atoms with van der Waals surface area (Å²) in [5, 5.41) is 14.0. The zero-order chi connectivity index (χ0) is 17.6. The van der Waals surface area contributed by atoms with E-state index >= 15 is 0 Å². The fourth-order valence-electron chi connectivity index (χ4n) is 2.74. The van der Waals surface area contributed by atoms with Crippen molar-refractivity contribution in [2.45, 2.75) is 12.0 Å². The van der Waals surface area contributed by atoms with Crippen molar-refractivity contribution in [2.24, 2.45) is 5.73 Å². The van der Waals surface area contributed by atoms with E-state index in [0.29, 0.717) is 0 Å². The fourth-order valence-corrected chi connectivity index (χ4v) is 2.74. The molecule has 1 unspecified atom stereocenters. The summed E-state index contributed by atoms with van der Waals surface area (Å²) < 4.78 is 6.93. The molecule has 0 aliphatic heterocycles. The Morgan fingerprint density at radius 3 is 2.40 bits per heavy atom. The summed E-state index contributed by atoms with van der Waals surface area (Å²) in [6.45, 7) is -0.199. The van der Waals surface area contributed by atoms with Crippen molar-refractivity contribution >= 4 is 6.09 Å². The standard InChI is InChI=1S/C18H18N4O3/c19-18(24)25-17(14-4-2-1-3-5-14)16(10-23)13-6-8-15(9-7-13)22-12-20-11-21-22/h1-9,11-12,16-17,23H,10H2,(H2,19,24)/t16-,17?/m0/s1. The molecule has 0 radical (unpaired) electrons. The topological polar surface area (TPSA) is 103 Å². The quantitative estimate of drug-likeness (QED) is 0.717. The van der Waals surface area contributed by atoms with Gasteiger partial charge in [0.2, 0.25) is 0 Å². The lowest BCUT2D eigenvalue weighted by Gasteiger charge is -2.26. The Morgan fingerprint density at radius 1 is 1.12 bits per heavy atom. The van der Waals surface area contributed by atoms with Gasteiger partial charge in [0.15, 0.2) is 0 Å². The summed E-state index contributed by atoms with van der Waals surface area (Å²) in [6, 6.07) is 16.7. The van der Waals surface area contributed by atoms with Crippen LogP contribution in [0.15, 0.2) is 67.3 Å². The van der Waals surface area contributed by atoms with Crippen LogP contribution in [0.1, 0.15) is 23.1 Å². The zero-order valence-corrected chi connectivity index (χ0v) is 13.4. The molecule has 0 bridgehead atoms. The highest BCUT2D eigenvalue weighted by Gasteiger charge is 2.27. The van der Waals surface area contributed by atoms with E-state index in [0.717, 1.165) is 16.8 Å². The Bertz CT molecular complexity index is 804. The van der Waals surface area contributed by atoms with E-state index in [2.05, 4.69) is 10.1 Å². The summed E-state index contributed by atoms with van der Waals surface area (Å²) in [4.78, 5) is 15.3. The maximum absolute atomic E-state index is 11.3. The third kappa shape index (κ3) is 3.84. The van der Waals surface area contributed by atoms with E-state index < -0.39 is 18.1 Å². The average molecular weight is 338 g/mol. The second-order valence-corrected chi connectivity index (χ2v) is 5.49.